The van der Waals surface area contributed by atoms with Crippen LogP contribution in [0.3, 0.4) is 0 Å². The summed E-state index contributed by atoms with van der Waals surface area (Å²) in [6.07, 6.45) is 0. The quantitative estimate of drug-likeness (QED) is 0.552. The van der Waals surface area contributed by atoms with E-state index >= 15 is 0 Å². The van der Waals surface area contributed by atoms with Gasteiger partial charge in [-0.3, -0.25) is 0 Å². The SMILES string of the molecule is CN[C@H](C)COC. The van der Waals surface area contributed by atoms with Gasteiger partial charge in [-0.2, -0.15) is 0 Å². The molecule has 0 rings (SSSR count). The lowest BCUT2D eigenvalue weighted by atomic mass is 10.4. The smallest absolute Gasteiger partial charge is 0.0613 e. The molecule has 0 aromatic heterocycles. The number of hydrogen-bond acceptors (Lipinski definition) is 2. The van der Waals surface area contributed by atoms with Crippen LogP contribution in [0.5, 0.6) is 0 Å². The lowest BCUT2D eigenvalue weighted by Gasteiger charge is -2.05. The van der Waals surface area contributed by atoms with E-state index in [0.29, 0.717) is 6.04 Å². The molecule has 0 bridgehead atoms. The third-order valence-corrected chi connectivity index (χ3v) is 0.909. The Hall–Kier alpha value is -0.0800. The van der Waals surface area contributed by atoms with Gasteiger partial charge in [0.25, 0.3) is 0 Å². The van der Waals surface area contributed by atoms with Crippen molar-refractivity contribution in [3.63, 3.8) is 0 Å². The molecule has 0 aliphatic rings. The van der Waals surface area contributed by atoms with Gasteiger partial charge in [-0.1, -0.05) is 0 Å². The first-order chi connectivity index (χ1) is 3.31. The van der Waals surface area contributed by atoms with Crippen molar-refractivity contribution in [3.8, 4) is 0 Å². The van der Waals surface area contributed by atoms with Crippen molar-refractivity contribution >= 4 is 0 Å². The number of likely N-dealkylation sites (N-methyl/N-ethyl adjacent to an activating group) is 1. The Morgan fingerprint density at radius 3 is 2.43 bits per heavy atom. The van der Waals surface area contributed by atoms with Crippen LogP contribution in [0.2, 0.25) is 0 Å². The summed E-state index contributed by atoms with van der Waals surface area (Å²) >= 11 is 0. The molecule has 0 aromatic carbocycles. The summed E-state index contributed by atoms with van der Waals surface area (Å²) in [4.78, 5) is 0. The second-order valence-corrected chi connectivity index (χ2v) is 1.65. The van der Waals surface area contributed by atoms with Crippen LogP contribution in [-0.4, -0.2) is 26.8 Å². The minimum absolute atomic E-state index is 0.477. The molecule has 0 aliphatic heterocycles. The Labute approximate surface area is 44.9 Å². The topological polar surface area (TPSA) is 21.3 Å². The van der Waals surface area contributed by atoms with E-state index in [4.69, 9.17) is 4.74 Å². The van der Waals surface area contributed by atoms with Crippen molar-refractivity contribution in [1.82, 2.24) is 5.32 Å². The molecule has 0 unspecified atom stereocenters. The Morgan fingerprint density at radius 1 is 1.71 bits per heavy atom. The third kappa shape index (κ3) is 3.76. The van der Waals surface area contributed by atoms with Gasteiger partial charge < -0.3 is 10.1 Å². The molecule has 0 fully saturated rings. The van der Waals surface area contributed by atoms with Gasteiger partial charge in [0.2, 0.25) is 0 Å². The maximum Gasteiger partial charge on any atom is 0.0613 e. The monoisotopic (exact) mass is 103 g/mol. The van der Waals surface area contributed by atoms with Gasteiger partial charge in [0, 0.05) is 13.2 Å². The zero-order valence-electron chi connectivity index (χ0n) is 5.19. The average molecular weight is 103 g/mol. The number of methoxy groups -OCH3 is 1. The predicted molar refractivity (Wildman–Crippen MR) is 30.4 cm³/mol. The first kappa shape index (κ1) is 6.92. The number of ether oxygens (including phenoxy) is 1. The third-order valence-electron chi connectivity index (χ3n) is 0.909. The van der Waals surface area contributed by atoms with E-state index < -0.39 is 0 Å². The Morgan fingerprint density at radius 2 is 2.29 bits per heavy atom. The normalized spacial score (nSPS) is 14.1. The largest absolute Gasteiger partial charge is 0.383 e. The average Bonchev–Trinajstić information content (AvgIpc) is 1.68. The van der Waals surface area contributed by atoms with Crippen LogP contribution in [0.4, 0.5) is 0 Å². The molecule has 2 heteroatoms. The van der Waals surface area contributed by atoms with Gasteiger partial charge in [-0.15, -0.1) is 0 Å². The standard InChI is InChI=1S/C5H13NO/c1-5(6-2)4-7-3/h5-6H,4H2,1-3H3/t5-/m1/s1. The van der Waals surface area contributed by atoms with Gasteiger partial charge in [0.05, 0.1) is 6.61 Å². The molecule has 0 saturated heterocycles. The van der Waals surface area contributed by atoms with Crippen LogP contribution in [0.25, 0.3) is 0 Å². The molecule has 0 radical (unpaired) electrons. The Balaban J connectivity index is 2.83. The molecule has 0 saturated carbocycles. The second kappa shape index (κ2) is 4.09. The molecule has 7 heavy (non-hydrogen) atoms. The number of rotatable bonds is 3. The highest BCUT2D eigenvalue weighted by atomic mass is 16.5. The van der Waals surface area contributed by atoms with Gasteiger partial charge in [0.1, 0.15) is 0 Å². The number of nitrogens with one attached hydrogen (secondary N) is 1. The summed E-state index contributed by atoms with van der Waals surface area (Å²) in [6, 6.07) is 0.477. The molecular formula is C5H13NO. The summed E-state index contributed by atoms with van der Waals surface area (Å²) in [6.45, 7) is 2.86. The summed E-state index contributed by atoms with van der Waals surface area (Å²) < 4.78 is 4.83. The van der Waals surface area contributed by atoms with Crippen LogP contribution in [0.1, 0.15) is 6.92 Å². The fourth-order valence-electron chi connectivity index (χ4n) is 0.333. The van der Waals surface area contributed by atoms with Crippen LogP contribution in [0.15, 0.2) is 0 Å². The first-order valence-electron chi connectivity index (χ1n) is 2.47. The lowest BCUT2D eigenvalue weighted by Crippen LogP contribution is -2.25. The van der Waals surface area contributed by atoms with Crippen molar-refractivity contribution in [2.45, 2.75) is 13.0 Å². The van der Waals surface area contributed by atoms with E-state index in [2.05, 4.69) is 12.2 Å². The fraction of sp³-hybridized carbons (Fsp3) is 1.00. The highest BCUT2D eigenvalue weighted by Gasteiger charge is 1.91. The summed E-state index contributed by atoms with van der Waals surface area (Å²) in [5.41, 5.74) is 0. The zero-order valence-corrected chi connectivity index (χ0v) is 5.19. The molecule has 2 nitrogen and oxygen atoms in total. The minimum atomic E-state index is 0.477. The molecular weight excluding hydrogens is 90.1 g/mol. The predicted octanol–water partition coefficient (Wildman–Crippen LogP) is 0.241. The lowest BCUT2D eigenvalue weighted by molar-refractivity contribution is 0.175. The van der Waals surface area contributed by atoms with Crippen molar-refractivity contribution < 1.29 is 4.74 Å². The van der Waals surface area contributed by atoms with Gasteiger partial charge >= 0.3 is 0 Å². The molecule has 0 amide bonds. The number of hydrogen-bond donors (Lipinski definition) is 1. The van der Waals surface area contributed by atoms with Crippen LogP contribution in [0, 0.1) is 0 Å². The van der Waals surface area contributed by atoms with E-state index in [9.17, 15) is 0 Å². The molecule has 0 heterocycles. The highest BCUT2D eigenvalue weighted by Crippen LogP contribution is 1.76. The fourth-order valence-corrected chi connectivity index (χ4v) is 0.333. The Kier molecular flexibility index (Phi) is 4.04. The summed E-state index contributed by atoms with van der Waals surface area (Å²) in [7, 11) is 3.62. The minimum Gasteiger partial charge on any atom is -0.383 e. The molecule has 44 valence electrons. The Bertz CT molecular complexity index is 39.1. The highest BCUT2D eigenvalue weighted by molar-refractivity contribution is 4.51. The van der Waals surface area contributed by atoms with Crippen LogP contribution >= 0.6 is 0 Å². The maximum atomic E-state index is 4.83. The molecule has 0 aromatic rings. The van der Waals surface area contributed by atoms with E-state index in [-0.39, 0.29) is 0 Å². The van der Waals surface area contributed by atoms with Crippen molar-refractivity contribution in [3.05, 3.63) is 0 Å². The molecule has 1 N–H and O–H groups in total. The molecule has 1 atom stereocenters. The summed E-state index contributed by atoms with van der Waals surface area (Å²) in [5.74, 6) is 0. The van der Waals surface area contributed by atoms with E-state index in [1.807, 2.05) is 7.05 Å². The molecule has 0 spiro atoms. The van der Waals surface area contributed by atoms with E-state index in [0.717, 1.165) is 6.61 Å². The second-order valence-electron chi connectivity index (χ2n) is 1.65. The first-order valence-corrected chi connectivity index (χ1v) is 2.47. The van der Waals surface area contributed by atoms with Gasteiger partial charge in [-0.25, -0.2) is 0 Å². The van der Waals surface area contributed by atoms with E-state index in [1.54, 1.807) is 7.11 Å². The van der Waals surface area contributed by atoms with Crippen LogP contribution in [-0.2, 0) is 4.74 Å². The molecule has 0 aliphatic carbocycles. The summed E-state index contributed by atoms with van der Waals surface area (Å²) in [5, 5.41) is 3.04. The van der Waals surface area contributed by atoms with Gasteiger partial charge in [0.15, 0.2) is 0 Å². The van der Waals surface area contributed by atoms with Gasteiger partial charge in [-0.05, 0) is 14.0 Å². The van der Waals surface area contributed by atoms with Crippen LogP contribution < -0.4 is 5.32 Å². The zero-order chi connectivity index (χ0) is 5.70. The van der Waals surface area contributed by atoms with E-state index in [1.165, 1.54) is 0 Å². The maximum absolute atomic E-state index is 4.83. The van der Waals surface area contributed by atoms with Crippen molar-refractivity contribution in [2.75, 3.05) is 20.8 Å². The van der Waals surface area contributed by atoms with Crippen molar-refractivity contribution in [2.24, 2.45) is 0 Å². The van der Waals surface area contributed by atoms with Crippen molar-refractivity contribution in [1.29, 1.82) is 0 Å².